The Balaban J connectivity index is 1.83. The summed E-state index contributed by atoms with van der Waals surface area (Å²) in [4.78, 5) is 12.2. The topological polar surface area (TPSA) is 63.2 Å². The van der Waals surface area contributed by atoms with Crippen LogP contribution in [0.2, 0.25) is 0 Å². The second-order valence-electron chi connectivity index (χ2n) is 5.45. The second kappa shape index (κ2) is 8.35. The van der Waals surface area contributed by atoms with Crippen molar-refractivity contribution in [2.75, 3.05) is 16.8 Å². The van der Waals surface area contributed by atoms with Crippen LogP contribution < -0.4 is 5.32 Å². The number of carbonyl (C=O) groups is 1. The van der Waals surface area contributed by atoms with Gasteiger partial charge in [-0.2, -0.15) is 0 Å². The fraction of sp³-hybridized carbons (Fsp3) is 0.278. The largest absolute Gasteiger partial charge is 0.325 e. The third-order valence-corrected chi connectivity index (χ3v) is 6.25. The molecule has 2 rings (SSSR count). The lowest BCUT2D eigenvalue weighted by atomic mass is 10.2. The van der Waals surface area contributed by atoms with E-state index in [0.29, 0.717) is 11.4 Å². The minimum atomic E-state index is -3.21. The normalized spacial score (nSPS) is 11.2. The maximum absolute atomic E-state index is 11.9. The molecule has 0 bridgehead atoms. The van der Waals surface area contributed by atoms with Crippen LogP contribution in [0, 0.1) is 6.92 Å². The molecule has 0 heterocycles. The average Bonchev–Trinajstić information content (AvgIpc) is 2.57. The van der Waals surface area contributed by atoms with Crippen LogP contribution in [0.4, 0.5) is 5.69 Å². The maximum atomic E-state index is 11.9. The van der Waals surface area contributed by atoms with E-state index in [1.807, 2.05) is 6.92 Å². The Morgan fingerprint density at radius 3 is 2.25 bits per heavy atom. The van der Waals surface area contributed by atoms with Gasteiger partial charge in [-0.05, 0) is 36.8 Å². The van der Waals surface area contributed by atoms with Crippen molar-refractivity contribution in [1.29, 1.82) is 0 Å². The smallest absolute Gasteiger partial charge is 0.234 e. The van der Waals surface area contributed by atoms with Crippen molar-refractivity contribution in [2.24, 2.45) is 0 Å². The zero-order valence-electron chi connectivity index (χ0n) is 13.8. The van der Waals surface area contributed by atoms with E-state index >= 15 is 0 Å². The van der Waals surface area contributed by atoms with E-state index in [9.17, 15) is 13.2 Å². The third kappa shape index (κ3) is 5.39. The minimum Gasteiger partial charge on any atom is -0.325 e. The molecular formula is C18H21NO3S2. The first-order valence-corrected chi connectivity index (χ1v) is 10.5. The van der Waals surface area contributed by atoms with Gasteiger partial charge in [-0.25, -0.2) is 8.42 Å². The molecule has 0 spiro atoms. The highest BCUT2D eigenvalue weighted by Gasteiger charge is 2.11. The number of sulfone groups is 1. The molecule has 24 heavy (non-hydrogen) atoms. The SMILES string of the molecule is CCS(=O)(=O)c1ccc(NC(=O)CSCc2ccc(C)cc2)cc1. The Morgan fingerprint density at radius 2 is 1.67 bits per heavy atom. The van der Waals surface area contributed by atoms with E-state index in [0.717, 1.165) is 5.75 Å². The first kappa shape index (κ1) is 18.5. The molecule has 0 aromatic heterocycles. The van der Waals surface area contributed by atoms with Gasteiger partial charge in [0.25, 0.3) is 0 Å². The summed E-state index contributed by atoms with van der Waals surface area (Å²) in [5, 5.41) is 2.78. The Labute approximate surface area is 147 Å². The summed E-state index contributed by atoms with van der Waals surface area (Å²) in [7, 11) is -3.21. The number of benzene rings is 2. The molecule has 2 aromatic carbocycles. The molecule has 0 saturated carbocycles. The predicted octanol–water partition coefficient (Wildman–Crippen LogP) is 3.66. The van der Waals surface area contributed by atoms with Gasteiger partial charge >= 0.3 is 0 Å². The van der Waals surface area contributed by atoms with Gasteiger partial charge in [-0.15, -0.1) is 11.8 Å². The van der Waals surface area contributed by atoms with E-state index in [2.05, 4.69) is 29.6 Å². The summed E-state index contributed by atoms with van der Waals surface area (Å²) in [6.45, 7) is 3.65. The Bertz CT molecular complexity index is 782. The molecule has 1 amide bonds. The number of anilines is 1. The predicted molar refractivity (Wildman–Crippen MR) is 100 cm³/mol. The zero-order chi connectivity index (χ0) is 17.6. The number of amides is 1. The molecule has 0 aliphatic carbocycles. The molecule has 0 saturated heterocycles. The van der Waals surface area contributed by atoms with Crippen molar-refractivity contribution in [3.8, 4) is 0 Å². The number of nitrogens with one attached hydrogen (secondary N) is 1. The monoisotopic (exact) mass is 363 g/mol. The highest BCUT2D eigenvalue weighted by molar-refractivity contribution is 7.99. The molecule has 0 unspecified atom stereocenters. The number of rotatable bonds is 7. The molecule has 4 nitrogen and oxygen atoms in total. The molecule has 6 heteroatoms. The Kier molecular flexibility index (Phi) is 6.45. The molecule has 0 aliphatic heterocycles. The van der Waals surface area contributed by atoms with Gasteiger partial charge in [0, 0.05) is 11.4 Å². The van der Waals surface area contributed by atoms with E-state index < -0.39 is 9.84 Å². The van der Waals surface area contributed by atoms with E-state index in [-0.39, 0.29) is 16.6 Å². The summed E-state index contributed by atoms with van der Waals surface area (Å²) in [6.07, 6.45) is 0. The van der Waals surface area contributed by atoms with Crippen LogP contribution in [0.25, 0.3) is 0 Å². The van der Waals surface area contributed by atoms with Crippen LogP contribution in [-0.4, -0.2) is 25.8 Å². The summed E-state index contributed by atoms with van der Waals surface area (Å²) in [6, 6.07) is 14.5. The maximum Gasteiger partial charge on any atom is 0.234 e. The van der Waals surface area contributed by atoms with Crippen LogP contribution in [0.15, 0.2) is 53.4 Å². The number of thioether (sulfide) groups is 1. The van der Waals surface area contributed by atoms with Crippen molar-refractivity contribution in [3.05, 3.63) is 59.7 Å². The van der Waals surface area contributed by atoms with Gasteiger partial charge in [0.2, 0.25) is 5.91 Å². The summed E-state index contributed by atoms with van der Waals surface area (Å²) in [5.74, 6) is 1.09. The number of hydrogen-bond donors (Lipinski definition) is 1. The lowest BCUT2D eigenvalue weighted by Gasteiger charge is -2.07. The molecule has 0 aliphatic rings. The van der Waals surface area contributed by atoms with Crippen LogP contribution in [0.3, 0.4) is 0 Å². The first-order chi connectivity index (χ1) is 11.4. The standard InChI is InChI=1S/C18H21NO3S2/c1-3-24(21,22)17-10-8-16(9-11-17)19-18(20)13-23-12-15-6-4-14(2)5-7-15/h4-11H,3,12-13H2,1-2H3,(H,19,20). The van der Waals surface area contributed by atoms with Crippen molar-refractivity contribution in [3.63, 3.8) is 0 Å². The van der Waals surface area contributed by atoms with Crippen LogP contribution in [-0.2, 0) is 20.4 Å². The molecule has 0 fully saturated rings. The number of hydrogen-bond acceptors (Lipinski definition) is 4. The fourth-order valence-electron chi connectivity index (χ4n) is 2.06. The van der Waals surface area contributed by atoms with Crippen LogP contribution in [0.5, 0.6) is 0 Å². The van der Waals surface area contributed by atoms with E-state index in [1.54, 1.807) is 30.8 Å². The lowest BCUT2D eigenvalue weighted by Crippen LogP contribution is -2.14. The zero-order valence-corrected chi connectivity index (χ0v) is 15.4. The van der Waals surface area contributed by atoms with Gasteiger partial charge in [-0.3, -0.25) is 4.79 Å². The van der Waals surface area contributed by atoms with Gasteiger partial charge in [-0.1, -0.05) is 36.8 Å². The number of aryl methyl sites for hydroxylation is 1. The summed E-state index contributed by atoms with van der Waals surface area (Å²) in [5.41, 5.74) is 3.01. The average molecular weight is 364 g/mol. The summed E-state index contributed by atoms with van der Waals surface area (Å²) < 4.78 is 23.5. The second-order valence-corrected chi connectivity index (χ2v) is 8.72. The van der Waals surface area contributed by atoms with Crippen molar-refractivity contribution < 1.29 is 13.2 Å². The van der Waals surface area contributed by atoms with Crippen molar-refractivity contribution in [1.82, 2.24) is 0 Å². The van der Waals surface area contributed by atoms with Gasteiger partial charge in [0.05, 0.1) is 16.4 Å². The van der Waals surface area contributed by atoms with Crippen LogP contribution >= 0.6 is 11.8 Å². The van der Waals surface area contributed by atoms with Crippen LogP contribution in [0.1, 0.15) is 18.1 Å². The van der Waals surface area contributed by atoms with Crippen molar-refractivity contribution in [2.45, 2.75) is 24.5 Å². The molecule has 1 N–H and O–H groups in total. The molecule has 128 valence electrons. The highest BCUT2D eigenvalue weighted by atomic mass is 32.2. The fourth-order valence-corrected chi connectivity index (χ4v) is 3.73. The molecule has 0 atom stereocenters. The molecule has 0 radical (unpaired) electrons. The van der Waals surface area contributed by atoms with Crippen molar-refractivity contribution >= 4 is 33.2 Å². The lowest BCUT2D eigenvalue weighted by molar-refractivity contribution is -0.113. The number of carbonyl (C=O) groups excluding carboxylic acids is 1. The molecule has 2 aromatic rings. The van der Waals surface area contributed by atoms with Gasteiger partial charge in [0.15, 0.2) is 9.84 Å². The van der Waals surface area contributed by atoms with E-state index in [4.69, 9.17) is 0 Å². The van der Waals surface area contributed by atoms with E-state index in [1.165, 1.54) is 23.3 Å². The highest BCUT2D eigenvalue weighted by Crippen LogP contribution is 2.17. The quantitative estimate of drug-likeness (QED) is 0.815. The first-order valence-electron chi connectivity index (χ1n) is 7.66. The third-order valence-electron chi connectivity index (χ3n) is 3.50. The molecular weight excluding hydrogens is 342 g/mol. The summed E-state index contributed by atoms with van der Waals surface area (Å²) >= 11 is 1.54. The Morgan fingerprint density at radius 1 is 1.04 bits per heavy atom. The van der Waals surface area contributed by atoms with Gasteiger partial charge in [0.1, 0.15) is 0 Å². The van der Waals surface area contributed by atoms with Gasteiger partial charge < -0.3 is 5.32 Å². The Hall–Kier alpha value is -1.79. The minimum absolute atomic E-state index is 0.0638.